The van der Waals surface area contributed by atoms with Gasteiger partial charge in [-0.1, -0.05) is 30.3 Å². The fourth-order valence-electron chi connectivity index (χ4n) is 5.12. The van der Waals surface area contributed by atoms with E-state index in [9.17, 15) is 4.79 Å². The van der Waals surface area contributed by atoms with Gasteiger partial charge in [0.1, 0.15) is 5.54 Å². The van der Waals surface area contributed by atoms with Crippen LogP contribution in [0.3, 0.4) is 0 Å². The van der Waals surface area contributed by atoms with Crippen LogP contribution in [0.2, 0.25) is 0 Å². The summed E-state index contributed by atoms with van der Waals surface area (Å²) in [5.74, 6) is 0.245. The Hall–Kier alpha value is -1.43. The van der Waals surface area contributed by atoms with Gasteiger partial charge in [-0.3, -0.25) is 9.69 Å². The minimum Gasteiger partial charge on any atom is -0.381 e. The number of carbonyl (C=O) groups excluding carboxylic acids is 1. The van der Waals surface area contributed by atoms with Crippen LogP contribution in [0.15, 0.2) is 30.3 Å². The molecule has 0 bridgehead atoms. The van der Waals surface area contributed by atoms with Gasteiger partial charge in [-0.25, -0.2) is 0 Å². The summed E-state index contributed by atoms with van der Waals surface area (Å²) in [5.41, 5.74) is 0.985. The fraction of sp³-hybridized carbons (Fsp3) is 0.682. The monoisotopic (exact) mass is 371 g/mol. The highest BCUT2D eigenvalue weighted by Crippen LogP contribution is 2.38. The van der Waals surface area contributed by atoms with Crippen LogP contribution < -0.4 is 10.6 Å². The van der Waals surface area contributed by atoms with E-state index in [0.717, 1.165) is 71.4 Å². The second kappa shape index (κ2) is 8.72. The van der Waals surface area contributed by atoms with Crippen molar-refractivity contribution in [3.05, 3.63) is 35.9 Å². The second-order valence-corrected chi connectivity index (χ2v) is 8.38. The number of rotatable bonds is 6. The van der Waals surface area contributed by atoms with Crippen LogP contribution in [0.1, 0.15) is 44.1 Å². The predicted octanol–water partition coefficient (Wildman–Crippen LogP) is 2.11. The average Bonchev–Trinajstić information content (AvgIpc) is 3.08. The molecule has 3 aliphatic heterocycles. The molecule has 0 unspecified atom stereocenters. The molecule has 1 aromatic carbocycles. The third-order valence-corrected chi connectivity index (χ3v) is 6.56. The number of hydrogen-bond donors (Lipinski definition) is 2. The van der Waals surface area contributed by atoms with E-state index < -0.39 is 0 Å². The van der Waals surface area contributed by atoms with Crippen molar-refractivity contribution >= 4 is 5.91 Å². The zero-order chi connectivity index (χ0) is 18.5. The lowest BCUT2D eigenvalue weighted by atomic mass is 9.84. The molecule has 5 nitrogen and oxygen atoms in total. The lowest BCUT2D eigenvalue weighted by molar-refractivity contribution is -0.133. The third kappa shape index (κ3) is 4.36. The SMILES string of the molecule is O=C(NCCc1ccccc1)[C@]12CCCCN1C[C@@H](NC1CCOCC1)C2. The van der Waals surface area contributed by atoms with E-state index in [1.54, 1.807) is 0 Å². The molecule has 0 radical (unpaired) electrons. The highest BCUT2D eigenvalue weighted by Gasteiger charge is 2.51. The van der Waals surface area contributed by atoms with E-state index >= 15 is 0 Å². The zero-order valence-corrected chi connectivity index (χ0v) is 16.3. The molecule has 1 aromatic rings. The number of piperidine rings is 1. The van der Waals surface area contributed by atoms with E-state index in [1.165, 1.54) is 12.0 Å². The molecule has 3 heterocycles. The summed E-state index contributed by atoms with van der Waals surface area (Å²) in [4.78, 5) is 15.7. The Morgan fingerprint density at radius 3 is 2.78 bits per heavy atom. The van der Waals surface area contributed by atoms with Gasteiger partial charge in [0.2, 0.25) is 5.91 Å². The topological polar surface area (TPSA) is 53.6 Å². The van der Waals surface area contributed by atoms with Crippen LogP contribution in [0.25, 0.3) is 0 Å². The Kier molecular flexibility index (Phi) is 6.11. The van der Waals surface area contributed by atoms with Crippen LogP contribution in [0.4, 0.5) is 0 Å². The molecule has 27 heavy (non-hydrogen) atoms. The molecule has 0 spiro atoms. The second-order valence-electron chi connectivity index (χ2n) is 8.38. The van der Waals surface area contributed by atoms with Crippen molar-refractivity contribution in [2.45, 2.75) is 62.6 Å². The van der Waals surface area contributed by atoms with Gasteiger partial charge in [0.05, 0.1) is 0 Å². The minimum absolute atomic E-state index is 0.245. The van der Waals surface area contributed by atoms with Gasteiger partial charge in [-0.2, -0.15) is 0 Å². The number of nitrogens with one attached hydrogen (secondary N) is 2. The van der Waals surface area contributed by atoms with Gasteiger partial charge in [0, 0.05) is 38.4 Å². The number of hydrogen-bond acceptors (Lipinski definition) is 4. The maximum atomic E-state index is 13.2. The largest absolute Gasteiger partial charge is 0.381 e. The lowest BCUT2D eigenvalue weighted by Crippen LogP contribution is -2.57. The van der Waals surface area contributed by atoms with E-state index in [2.05, 4.69) is 39.8 Å². The van der Waals surface area contributed by atoms with Gasteiger partial charge in [-0.05, 0) is 57.1 Å². The summed E-state index contributed by atoms with van der Waals surface area (Å²) < 4.78 is 5.48. The van der Waals surface area contributed by atoms with E-state index in [-0.39, 0.29) is 11.4 Å². The van der Waals surface area contributed by atoms with Gasteiger partial charge in [0.15, 0.2) is 0 Å². The maximum absolute atomic E-state index is 13.2. The first-order valence-corrected chi connectivity index (χ1v) is 10.7. The number of benzene rings is 1. The molecule has 4 rings (SSSR count). The lowest BCUT2D eigenvalue weighted by Gasteiger charge is -2.40. The normalized spacial score (nSPS) is 29.4. The van der Waals surface area contributed by atoms with Crippen molar-refractivity contribution in [3.8, 4) is 0 Å². The van der Waals surface area contributed by atoms with Gasteiger partial charge >= 0.3 is 0 Å². The third-order valence-electron chi connectivity index (χ3n) is 6.56. The fourth-order valence-corrected chi connectivity index (χ4v) is 5.12. The van der Waals surface area contributed by atoms with E-state index in [0.29, 0.717) is 12.1 Å². The Bertz CT molecular complexity index is 617. The van der Waals surface area contributed by atoms with E-state index in [4.69, 9.17) is 4.74 Å². The van der Waals surface area contributed by atoms with Crippen LogP contribution in [-0.4, -0.2) is 61.3 Å². The quantitative estimate of drug-likeness (QED) is 0.804. The first-order chi connectivity index (χ1) is 13.3. The highest BCUT2D eigenvalue weighted by atomic mass is 16.5. The van der Waals surface area contributed by atoms with Crippen molar-refractivity contribution in [1.29, 1.82) is 0 Å². The van der Waals surface area contributed by atoms with Crippen LogP contribution in [0.5, 0.6) is 0 Å². The summed E-state index contributed by atoms with van der Waals surface area (Å²) in [6.07, 6.45) is 7.39. The number of fused-ring (bicyclic) bond motifs is 1. The minimum atomic E-state index is -0.294. The van der Waals surface area contributed by atoms with Gasteiger partial charge in [-0.15, -0.1) is 0 Å². The standard InChI is InChI=1S/C22H33N3O2/c26-21(23-12-8-18-6-2-1-3-7-18)22-11-4-5-13-25(22)17-20(16-22)24-19-9-14-27-15-10-19/h1-3,6-7,19-20,24H,4-5,8-17H2,(H,23,26)/t20-,22+/m0/s1. The predicted molar refractivity (Wildman–Crippen MR) is 107 cm³/mol. The van der Waals surface area contributed by atoms with Crippen molar-refractivity contribution in [1.82, 2.24) is 15.5 Å². The molecule has 2 N–H and O–H groups in total. The summed E-state index contributed by atoms with van der Waals surface area (Å²) in [6.45, 7) is 4.50. The van der Waals surface area contributed by atoms with Crippen molar-refractivity contribution < 1.29 is 9.53 Å². The highest BCUT2D eigenvalue weighted by molar-refractivity contribution is 5.87. The smallest absolute Gasteiger partial charge is 0.240 e. The molecule has 148 valence electrons. The van der Waals surface area contributed by atoms with Crippen LogP contribution >= 0.6 is 0 Å². The van der Waals surface area contributed by atoms with E-state index in [1.807, 2.05) is 6.07 Å². The molecule has 3 saturated heterocycles. The summed E-state index contributed by atoms with van der Waals surface area (Å²) in [7, 11) is 0. The molecule has 0 aliphatic carbocycles. The maximum Gasteiger partial charge on any atom is 0.240 e. The summed E-state index contributed by atoms with van der Waals surface area (Å²) >= 11 is 0. The average molecular weight is 372 g/mol. The van der Waals surface area contributed by atoms with Crippen molar-refractivity contribution in [3.63, 3.8) is 0 Å². The Labute approximate surface area is 162 Å². The number of carbonyl (C=O) groups is 1. The van der Waals surface area contributed by atoms with Crippen LogP contribution in [0, 0.1) is 0 Å². The number of nitrogens with zero attached hydrogens (tertiary/aromatic N) is 1. The molecular weight excluding hydrogens is 338 g/mol. The summed E-state index contributed by atoms with van der Waals surface area (Å²) in [6, 6.07) is 11.4. The molecule has 3 aliphatic rings. The molecule has 5 heteroatoms. The molecule has 3 fully saturated rings. The number of amides is 1. The van der Waals surface area contributed by atoms with Gasteiger partial charge < -0.3 is 15.4 Å². The molecular formula is C22H33N3O2. The zero-order valence-electron chi connectivity index (χ0n) is 16.3. The number of ether oxygens (including phenoxy) is 1. The van der Waals surface area contributed by atoms with Crippen LogP contribution in [-0.2, 0) is 16.0 Å². The molecule has 1 amide bonds. The molecule has 2 atom stereocenters. The first kappa shape index (κ1) is 18.9. The van der Waals surface area contributed by atoms with Crippen molar-refractivity contribution in [2.75, 3.05) is 32.8 Å². The first-order valence-electron chi connectivity index (χ1n) is 10.7. The Balaban J connectivity index is 1.35. The van der Waals surface area contributed by atoms with Crippen molar-refractivity contribution in [2.24, 2.45) is 0 Å². The molecule has 0 aromatic heterocycles. The summed E-state index contributed by atoms with van der Waals surface area (Å²) in [5, 5.41) is 7.09. The molecule has 0 saturated carbocycles. The Morgan fingerprint density at radius 2 is 1.96 bits per heavy atom. The van der Waals surface area contributed by atoms with Gasteiger partial charge in [0.25, 0.3) is 0 Å². The Morgan fingerprint density at radius 1 is 1.15 bits per heavy atom.